The molecular formula is C26H31NOS. The van der Waals surface area contributed by atoms with Gasteiger partial charge in [0.2, 0.25) is 0 Å². The summed E-state index contributed by atoms with van der Waals surface area (Å²) in [5.41, 5.74) is 3.62. The van der Waals surface area contributed by atoms with Crippen LogP contribution in [0.1, 0.15) is 50.8 Å². The number of aromatic nitrogens is 1. The van der Waals surface area contributed by atoms with Crippen molar-refractivity contribution in [1.29, 1.82) is 0 Å². The van der Waals surface area contributed by atoms with Gasteiger partial charge in [0.1, 0.15) is 10.8 Å². The third-order valence-corrected chi connectivity index (χ3v) is 6.03. The Labute approximate surface area is 179 Å². The zero-order chi connectivity index (χ0) is 20.3. The highest BCUT2D eigenvalue weighted by atomic mass is 32.1. The molecular weight excluding hydrogens is 374 g/mol. The molecule has 0 atom stereocenters. The first-order valence-corrected chi connectivity index (χ1v) is 11.5. The molecule has 0 aliphatic carbocycles. The molecule has 0 N–H and O–H groups in total. The molecule has 3 rings (SSSR count). The Morgan fingerprint density at radius 1 is 0.897 bits per heavy atom. The topological polar surface area (TPSA) is 22.1 Å². The van der Waals surface area contributed by atoms with Crippen LogP contribution < -0.4 is 4.74 Å². The Morgan fingerprint density at radius 3 is 2.28 bits per heavy atom. The summed E-state index contributed by atoms with van der Waals surface area (Å²) in [4.78, 5) is 6.01. The number of thiazole rings is 1. The summed E-state index contributed by atoms with van der Waals surface area (Å²) in [5.74, 6) is 0.934. The summed E-state index contributed by atoms with van der Waals surface area (Å²) in [5, 5.41) is 1.12. The third-order valence-electron chi connectivity index (χ3n) is 4.92. The maximum absolute atomic E-state index is 5.82. The van der Waals surface area contributed by atoms with E-state index >= 15 is 0 Å². The average molecular weight is 406 g/mol. The summed E-state index contributed by atoms with van der Waals surface area (Å²) in [6.07, 6.45) is 13.4. The number of rotatable bonds is 11. The molecule has 2 aromatic carbocycles. The number of allylic oxidation sites excluding steroid dienone is 2. The molecule has 0 bridgehead atoms. The van der Waals surface area contributed by atoms with Crippen molar-refractivity contribution in [2.45, 2.75) is 52.4 Å². The Balaban J connectivity index is 1.57. The molecule has 0 saturated carbocycles. The van der Waals surface area contributed by atoms with E-state index in [1.54, 1.807) is 0 Å². The summed E-state index contributed by atoms with van der Waals surface area (Å²) in [6, 6.07) is 17.1. The first-order valence-electron chi connectivity index (χ1n) is 10.7. The van der Waals surface area contributed by atoms with Crippen molar-refractivity contribution < 1.29 is 4.74 Å². The van der Waals surface area contributed by atoms with E-state index in [1.807, 2.05) is 17.5 Å². The second-order valence-electron chi connectivity index (χ2n) is 7.25. The van der Waals surface area contributed by atoms with E-state index in [4.69, 9.17) is 4.74 Å². The molecule has 1 heterocycles. The van der Waals surface area contributed by atoms with Crippen LogP contribution in [0.5, 0.6) is 5.75 Å². The Hall–Kier alpha value is -2.39. The molecule has 0 saturated heterocycles. The van der Waals surface area contributed by atoms with Gasteiger partial charge in [-0.1, -0.05) is 68.3 Å². The van der Waals surface area contributed by atoms with Crippen molar-refractivity contribution in [3.8, 4) is 27.4 Å². The molecule has 152 valence electrons. The van der Waals surface area contributed by atoms with E-state index in [1.165, 1.54) is 40.8 Å². The molecule has 0 fully saturated rings. The van der Waals surface area contributed by atoms with Crippen molar-refractivity contribution in [3.05, 3.63) is 71.8 Å². The predicted molar refractivity (Wildman–Crippen MR) is 126 cm³/mol. The maximum Gasteiger partial charge on any atom is 0.123 e. The smallest absolute Gasteiger partial charge is 0.123 e. The number of hydrogen-bond acceptors (Lipinski definition) is 3. The highest BCUT2D eigenvalue weighted by molar-refractivity contribution is 7.15. The molecule has 0 aliphatic rings. The number of nitrogens with zero attached hydrogens (tertiary/aromatic N) is 1. The normalized spacial score (nSPS) is 11.2. The second-order valence-corrected chi connectivity index (χ2v) is 8.37. The van der Waals surface area contributed by atoms with Gasteiger partial charge in [0.05, 0.1) is 6.61 Å². The van der Waals surface area contributed by atoms with Gasteiger partial charge in [0, 0.05) is 16.6 Å². The lowest BCUT2D eigenvalue weighted by atomic mass is 10.0. The molecule has 0 spiro atoms. The number of unbranched alkanes of at least 4 members (excludes halogenated alkanes) is 3. The van der Waals surface area contributed by atoms with Gasteiger partial charge in [-0.15, -0.1) is 11.3 Å². The molecule has 0 unspecified atom stereocenters. The third kappa shape index (κ3) is 6.57. The van der Waals surface area contributed by atoms with Crippen LogP contribution in [0.15, 0.2) is 66.9 Å². The molecule has 2 nitrogen and oxygen atoms in total. The first-order chi connectivity index (χ1) is 14.3. The van der Waals surface area contributed by atoms with Gasteiger partial charge >= 0.3 is 0 Å². The quantitative estimate of drug-likeness (QED) is 0.238. The lowest BCUT2D eigenvalue weighted by molar-refractivity contribution is 0.312. The van der Waals surface area contributed by atoms with Gasteiger partial charge in [-0.3, -0.25) is 0 Å². The van der Waals surface area contributed by atoms with Crippen LogP contribution in [0.2, 0.25) is 0 Å². The van der Waals surface area contributed by atoms with E-state index in [-0.39, 0.29) is 0 Å². The minimum Gasteiger partial charge on any atom is -0.494 e. The van der Waals surface area contributed by atoms with Crippen molar-refractivity contribution in [3.63, 3.8) is 0 Å². The van der Waals surface area contributed by atoms with E-state index < -0.39 is 0 Å². The fraction of sp³-hybridized carbons (Fsp3) is 0.346. The monoisotopic (exact) mass is 405 g/mol. The molecule has 0 aliphatic heterocycles. The van der Waals surface area contributed by atoms with Gasteiger partial charge in [0.25, 0.3) is 0 Å². The fourth-order valence-corrected chi connectivity index (χ4v) is 4.17. The lowest BCUT2D eigenvalue weighted by Crippen LogP contribution is -1.96. The summed E-state index contributed by atoms with van der Waals surface area (Å²) in [7, 11) is 0. The highest BCUT2D eigenvalue weighted by Gasteiger charge is 2.06. The molecule has 3 heteroatoms. The van der Waals surface area contributed by atoms with Gasteiger partial charge in [-0.25, -0.2) is 4.98 Å². The number of benzene rings is 2. The molecule has 0 radical (unpaired) electrons. The minimum atomic E-state index is 0.757. The minimum absolute atomic E-state index is 0.757. The van der Waals surface area contributed by atoms with Crippen molar-refractivity contribution in [2.24, 2.45) is 0 Å². The van der Waals surface area contributed by atoms with E-state index in [0.717, 1.165) is 36.6 Å². The van der Waals surface area contributed by atoms with Crippen LogP contribution in [-0.4, -0.2) is 11.6 Å². The Morgan fingerprint density at radius 2 is 1.59 bits per heavy atom. The standard InChI is InChI=1S/C26H31NOS/c1-3-5-7-9-19-28-24-17-15-22(16-18-24)21-11-13-23(14-12-21)26-27-20-25(29-26)10-8-6-4-2/h3,5,11-18,20H,4,6-10,19H2,1-2H3/b5-3+. The van der Waals surface area contributed by atoms with Crippen LogP contribution >= 0.6 is 11.3 Å². The lowest BCUT2D eigenvalue weighted by Gasteiger charge is -2.07. The zero-order valence-corrected chi connectivity index (χ0v) is 18.4. The van der Waals surface area contributed by atoms with E-state index in [9.17, 15) is 0 Å². The Kier molecular flexibility index (Phi) is 8.51. The van der Waals surface area contributed by atoms with Crippen LogP contribution in [0.25, 0.3) is 21.7 Å². The number of ether oxygens (including phenoxy) is 1. The summed E-state index contributed by atoms with van der Waals surface area (Å²) < 4.78 is 5.82. The molecule has 29 heavy (non-hydrogen) atoms. The van der Waals surface area contributed by atoms with Gasteiger partial charge in [-0.05, 0) is 55.9 Å². The molecule has 0 amide bonds. The SMILES string of the molecule is C/C=C/CCCOc1ccc(-c2ccc(-c3ncc(CCCCC)s3)cc2)cc1. The van der Waals surface area contributed by atoms with Gasteiger partial charge in [-0.2, -0.15) is 0 Å². The van der Waals surface area contributed by atoms with Crippen LogP contribution in [-0.2, 0) is 6.42 Å². The van der Waals surface area contributed by atoms with Crippen LogP contribution in [0.4, 0.5) is 0 Å². The van der Waals surface area contributed by atoms with Gasteiger partial charge < -0.3 is 4.74 Å². The van der Waals surface area contributed by atoms with Crippen molar-refractivity contribution in [2.75, 3.05) is 6.61 Å². The largest absolute Gasteiger partial charge is 0.494 e. The number of aryl methyl sites for hydroxylation is 1. The van der Waals surface area contributed by atoms with Gasteiger partial charge in [0.15, 0.2) is 0 Å². The summed E-state index contributed by atoms with van der Waals surface area (Å²) >= 11 is 1.82. The molecule has 3 aromatic rings. The number of hydrogen-bond donors (Lipinski definition) is 0. The van der Waals surface area contributed by atoms with Crippen LogP contribution in [0.3, 0.4) is 0 Å². The summed E-state index contributed by atoms with van der Waals surface area (Å²) in [6.45, 7) is 5.05. The highest BCUT2D eigenvalue weighted by Crippen LogP contribution is 2.29. The van der Waals surface area contributed by atoms with E-state index in [2.05, 4.69) is 79.5 Å². The first kappa shape index (κ1) is 21.3. The van der Waals surface area contributed by atoms with E-state index in [0.29, 0.717) is 0 Å². The average Bonchev–Trinajstić information content (AvgIpc) is 3.23. The molecule has 1 aromatic heterocycles. The maximum atomic E-state index is 5.82. The predicted octanol–water partition coefficient (Wildman–Crippen LogP) is 7.94. The fourth-order valence-electron chi connectivity index (χ4n) is 3.21. The second kappa shape index (κ2) is 11.6. The van der Waals surface area contributed by atoms with Crippen molar-refractivity contribution in [1.82, 2.24) is 4.98 Å². The Bertz CT molecular complexity index is 878. The zero-order valence-electron chi connectivity index (χ0n) is 17.6. The van der Waals surface area contributed by atoms with Crippen LogP contribution in [0, 0.1) is 0 Å². The van der Waals surface area contributed by atoms with Crippen molar-refractivity contribution >= 4 is 11.3 Å².